The fourth-order valence-electron chi connectivity index (χ4n) is 1.04. The summed E-state index contributed by atoms with van der Waals surface area (Å²) in [6.07, 6.45) is 0. The van der Waals surface area contributed by atoms with E-state index in [1.165, 1.54) is 0 Å². The molecule has 2 atom stereocenters. The summed E-state index contributed by atoms with van der Waals surface area (Å²) < 4.78 is 4.33. The molecule has 3 N–H and O–H groups in total. The lowest BCUT2D eigenvalue weighted by Gasteiger charge is -2.22. The van der Waals surface area contributed by atoms with Crippen LogP contribution in [-0.4, -0.2) is 45.2 Å². The monoisotopic (exact) mass is 356 g/mol. The Hall–Kier alpha value is -0.830. The quantitative estimate of drug-likeness (QED) is 0.450. The van der Waals surface area contributed by atoms with Gasteiger partial charge in [-0.05, 0) is 0 Å². The van der Waals surface area contributed by atoms with Crippen LogP contribution in [0.15, 0.2) is 30.3 Å². The molecule has 9 heteroatoms. The number of aliphatic hydroxyl groups excluding tert-OH is 1. The Morgan fingerprint density at radius 1 is 1.29 bits per heavy atom. The third kappa shape index (κ3) is 8.92. The minimum absolute atomic E-state index is 0.255. The first-order chi connectivity index (χ1) is 9.67. The zero-order chi connectivity index (χ0) is 16.5. The number of hydrogen-bond acceptors (Lipinski definition) is 5. The molecular weight excluding hydrogens is 343 g/mol. The molecule has 6 nitrogen and oxygen atoms in total. The van der Waals surface area contributed by atoms with Crippen LogP contribution in [-0.2, 0) is 19.4 Å². The Balaban J connectivity index is 0.000000400. The summed E-state index contributed by atoms with van der Waals surface area (Å²) in [5, 5.41) is 23.9. The Morgan fingerprint density at radius 3 is 2.19 bits per heavy atom. The van der Waals surface area contributed by atoms with Gasteiger partial charge >= 0.3 is 5.97 Å². The van der Waals surface area contributed by atoms with Crippen molar-refractivity contribution in [2.75, 3.05) is 13.2 Å². The molecule has 0 aliphatic rings. The number of carbonyl (C=O) groups is 2. The van der Waals surface area contributed by atoms with Crippen LogP contribution < -0.4 is 0 Å². The SMILES string of the molecule is O=C(O)COCC(=O)S.OC(Cl)C(O)(Cl)c1ccccc1. The molecule has 118 valence electrons. The molecule has 0 amide bonds. The third-order valence-electron chi connectivity index (χ3n) is 1.95. The average molecular weight is 357 g/mol. The average Bonchev–Trinajstić information content (AvgIpc) is 2.39. The smallest absolute Gasteiger partial charge is 0.329 e. The number of halogens is 2. The highest BCUT2D eigenvalue weighted by atomic mass is 35.5. The third-order valence-corrected chi connectivity index (χ3v) is 2.93. The first-order valence-electron chi connectivity index (χ1n) is 5.48. The minimum atomic E-state index is -1.91. The van der Waals surface area contributed by atoms with Crippen LogP contribution in [0.2, 0.25) is 0 Å². The maximum atomic E-state index is 9.97. The first kappa shape index (κ1) is 20.2. The van der Waals surface area contributed by atoms with Crippen LogP contribution in [0.4, 0.5) is 0 Å². The van der Waals surface area contributed by atoms with Gasteiger partial charge in [0.2, 0.25) is 10.2 Å². The van der Waals surface area contributed by atoms with Crippen LogP contribution in [0, 0.1) is 0 Å². The standard InChI is InChI=1S/C8H8Cl2O2.C4H6O4S/c9-7(11)8(10,12)6-4-2-1-3-5-6;5-3(6)1-8-2-4(7)9/h1-5,7,11-12H;1-2H2,(H,5,6)(H,7,9). The molecule has 0 aliphatic heterocycles. The lowest BCUT2D eigenvalue weighted by atomic mass is 10.1. The second kappa shape index (κ2) is 9.99. The number of aliphatic carboxylic acids is 1. The highest BCUT2D eigenvalue weighted by Crippen LogP contribution is 2.31. The largest absolute Gasteiger partial charge is 0.480 e. The van der Waals surface area contributed by atoms with Crippen molar-refractivity contribution in [2.24, 2.45) is 0 Å². The van der Waals surface area contributed by atoms with E-state index < -0.39 is 28.3 Å². The number of carboxylic acids is 1. The number of hydrogen-bond donors (Lipinski definition) is 4. The molecule has 0 aromatic heterocycles. The summed E-state index contributed by atoms with van der Waals surface area (Å²) in [4.78, 5) is 19.7. The molecule has 21 heavy (non-hydrogen) atoms. The molecule has 0 radical (unpaired) electrons. The number of aliphatic hydroxyl groups is 2. The number of carboxylic acid groups (broad SMARTS) is 1. The van der Waals surface area contributed by atoms with Crippen molar-refractivity contribution in [3.05, 3.63) is 35.9 Å². The zero-order valence-corrected chi connectivity index (χ0v) is 13.1. The van der Waals surface area contributed by atoms with Gasteiger partial charge in [-0.15, -0.1) is 12.6 Å². The molecule has 1 aromatic carbocycles. The fraction of sp³-hybridized carbons (Fsp3) is 0.333. The number of benzene rings is 1. The van der Waals surface area contributed by atoms with Gasteiger partial charge in [0.25, 0.3) is 0 Å². The molecule has 0 saturated heterocycles. The molecule has 0 bridgehead atoms. The van der Waals surface area contributed by atoms with E-state index in [2.05, 4.69) is 17.4 Å². The van der Waals surface area contributed by atoms with Crippen LogP contribution in [0.1, 0.15) is 5.56 Å². The topological polar surface area (TPSA) is 104 Å². The number of ether oxygens (including phenoxy) is 1. The highest BCUT2D eigenvalue weighted by molar-refractivity contribution is 7.96. The lowest BCUT2D eigenvalue weighted by molar-refractivity contribution is -0.142. The summed E-state index contributed by atoms with van der Waals surface area (Å²) in [6.45, 7) is -0.707. The Morgan fingerprint density at radius 2 is 1.81 bits per heavy atom. The van der Waals surface area contributed by atoms with Gasteiger partial charge in [0.1, 0.15) is 13.2 Å². The maximum absolute atomic E-state index is 9.97. The van der Waals surface area contributed by atoms with E-state index in [1.54, 1.807) is 30.3 Å². The summed E-state index contributed by atoms with van der Waals surface area (Å²) >= 11 is 14.2. The van der Waals surface area contributed by atoms with Gasteiger partial charge < -0.3 is 20.1 Å². The molecule has 0 spiro atoms. The summed E-state index contributed by atoms with van der Waals surface area (Å²) in [6, 6.07) is 8.33. The van der Waals surface area contributed by atoms with E-state index in [-0.39, 0.29) is 6.61 Å². The van der Waals surface area contributed by atoms with E-state index >= 15 is 0 Å². The Bertz CT molecular complexity index is 438. The molecular formula is C12H14Cl2O6S. The fourth-order valence-corrected chi connectivity index (χ4v) is 1.38. The Kier molecular flexibility index (Phi) is 9.60. The van der Waals surface area contributed by atoms with E-state index in [9.17, 15) is 14.7 Å². The zero-order valence-electron chi connectivity index (χ0n) is 10.6. The van der Waals surface area contributed by atoms with Gasteiger partial charge in [-0.3, -0.25) is 4.79 Å². The number of rotatable bonds is 6. The Labute approximate surface area is 136 Å². The molecule has 0 fully saturated rings. The van der Waals surface area contributed by atoms with Gasteiger partial charge in [0, 0.05) is 5.56 Å². The predicted octanol–water partition coefficient (Wildman–Crippen LogP) is 1.17. The van der Waals surface area contributed by atoms with Crippen molar-refractivity contribution in [1.29, 1.82) is 0 Å². The van der Waals surface area contributed by atoms with Crippen LogP contribution in [0.3, 0.4) is 0 Å². The molecule has 0 saturated carbocycles. The maximum Gasteiger partial charge on any atom is 0.329 e. The summed E-state index contributed by atoms with van der Waals surface area (Å²) in [5.41, 5.74) is -1.16. The predicted molar refractivity (Wildman–Crippen MR) is 80.5 cm³/mol. The van der Waals surface area contributed by atoms with Gasteiger partial charge in [0.15, 0.2) is 5.56 Å². The van der Waals surface area contributed by atoms with Crippen molar-refractivity contribution in [1.82, 2.24) is 0 Å². The normalized spacial score (nSPS) is 14.3. The van der Waals surface area contributed by atoms with E-state index in [1.807, 2.05) is 0 Å². The van der Waals surface area contributed by atoms with Crippen molar-refractivity contribution in [3.8, 4) is 0 Å². The first-order valence-corrected chi connectivity index (χ1v) is 6.74. The van der Waals surface area contributed by atoms with E-state index in [4.69, 9.17) is 33.4 Å². The van der Waals surface area contributed by atoms with Gasteiger partial charge in [-0.2, -0.15) is 0 Å². The minimum Gasteiger partial charge on any atom is -0.480 e. The van der Waals surface area contributed by atoms with Crippen LogP contribution in [0.25, 0.3) is 0 Å². The van der Waals surface area contributed by atoms with Gasteiger partial charge in [-0.25, -0.2) is 4.79 Å². The van der Waals surface area contributed by atoms with Gasteiger partial charge in [-0.1, -0.05) is 53.5 Å². The van der Waals surface area contributed by atoms with Crippen molar-refractivity contribution in [3.63, 3.8) is 0 Å². The second-order valence-electron chi connectivity index (χ2n) is 3.66. The molecule has 2 unspecified atom stereocenters. The van der Waals surface area contributed by atoms with Crippen molar-refractivity contribution < 1.29 is 29.6 Å². The van der Waals surface area contributed by atoms with E-state index in [0.717, 1.165) is 0 Å². The highest BCUT2D eigenvalue weighted by Gasteiger charge is 2.33. The number of alkyl halides is 2. The second-order valence-corrected chi connectivity index (χ2v) is 5.14. The van der Waals surface area contributed by atoms with E-state index in [0.29, 0.717) is 5.56 Å². The molecule has 0 heterocycles. The van der Waals surface area contributed by atoms with Crippen LogP contribution in [0.5, 0.6) is 0 Å². The number of carbonyl (C=O) groups excluding carboxylic acids is 1. The molecule has 1 rings (SSSR count). The summed E-state index contributed by atoms with van der Waals surface area (Å²) in [7, 11) is 0. The lowest BCUT2D eigenvalue weighted by Crippen LogP contribution is -2.29. The van der Waals surface area contributed by atoms with Crippen molar-refractivity contribution in [2.45, 2.75) is 10.6 Å². The summed E-state index contributed by atoms with van der Waals surface area (Å²) in [5.74, 6) is -1.09. The molecule has 0 aliphatic carbocycles. The molecule has 1 aromatic rings. The number of thiol groups is 1. The van der Waals surface area contributed by atoms with Crippen molar-refractivity contribution >= 4 is 46.9 Å². The van der Waals surface area contributed by atoms with Gasteiger partial charge in [0.05, 0.1) is 0 Å². The van der Waals surface area contributed by atoms with Crippen LogP contribution >= 0.6 is 35.8 Å².